The minimum absolute atomic E-state index is 0.0451. The maximum Gasteiger partial charge on any atom is 0.310 e. The number of aldehydes is 1. The Labute approximate surface area is 88.0 Å². The lowest BCUT2D eigenvalue weighted by Gasteiger charge is -2.08. The van der Waals surface area contributed by atoms with Crippen LogP contribution in [0.2, 0.25) is 0 Å². The number of methoxy groups -OCH3 is 1. The molecule has 1 aromatic rings. The first kappa shape index (κ1) is 12.0. The molecule has 0 spiro atoms. The number of aromatic nitrogens is 1. The molecule has 0 saturated heterocycles. The zero-order valence-electron chi connectivity index (χ0n) is 8.02. The van der Waals surface area contributed by atoms with Crippen molar-refractivity contribution in [2.75, 3.05) is 7.11 Å². The van der Waals surface area contributed by atoms with Gasteiger partial charge in [-0.1, -0.05) is 0 Å². The normalized spacial score (nSPS) is 10.2. The fraction of sp³-hybridized carbons (Fsp3) is 0.250. The molecule has 0 fully saturated rings. The van der Waals surface area contributed by atoms with Crippen molar-refractivity contribution in [3.05, 3.63) is 27.6 Å². The van der Waals surface area contributed by atoms with E-state index in [1.54, 1.807) is 0 Å². The lowest BCUT2D eigenvalue weighted by molar-refractivity contribution is -0.386. The molecule has 6 nitrogen and oxygen atoms in total. The smallest absolute Gasteiger partial charge is 0.310 e. The van der Waals surface area contributed by atoms with Crippen molar-refractivity contribution in [3.8, 4) is 5.75 Å². The second-order valence-corrected chi connectivity index (χ2v) is 2.65. The monoisotopic (exact) mass is 232 g/mol. The van der Waals surface area contributed by atoms with Gasteiger partial charge in [0.2, 0.25) is 0 Å². The van der Waals surface area contributed by atoms with Crippen molar-refractivity contribution in [2.24, 2.45) is 0 Å². The number of hydrogen-bond donors (Lipinski definition) is 0. The summed E-state index contributed by atoms with van der Waals surface area (Å²) in [5.41, 5.74) is -2.62. The molecule has 86 valence electrons. The number of rotatable bonds is 4. The van der Waals surface area contributed by atoms with E-state index in [-0.39, 0.29) is 6.29 Å². The molecule has 0 aliphatic heterocycles. The average molecular weight is 232 g/mol. The van der Waals surface area contributed by atoms with Crippen molar-refractivity contribution in [2.45, 2.75) is 6.43 Å². The molecule has 0 N–H and O–H groups in total. The van der Waals surface area contributed by atoms with E-state index in [9.17, 15) is 23.7 Å². The lowest BCUT2D eigenvalue weighted by Crippen LogP contribution is -2.05. The van der Waals surface area contributed by atoms with E-state index in [2.05, 4.69) is 9.72 Å². The number of alkyl halides is 2. The standard InChI is InChI=1S/C8H6F2N2O4/c1-16-5-2-11-4(3-13)7(12(14)15)6(5)8(9)10/h2-3,8H,1H3. The topological polar surface area (TPSA) is 82.3 Å². The largest absolute Gasteiger partial charge is 0.494 e. The maximum absolute atomic E-state index is 12.6. The molecule has 1 aromatic heterocycles. The predicted octanol–water partition coefficient (Wildman–Crippen LogP) is 1.75. The number of halogens is 2. The van der Waals surface area contributed by atoms with Gasteiger partial charge in [-0.2, -0.15) is 0 Å². The highest BCUT2D eigenvalue weighted by molar-refractivity contribution is 5.80. The van der Waals surface area contributed by atoms with Gasteiger partial charge < -0.3 is 4.74 Å². The van der Waals surface area contributed by atoms with E-state index in [1.807, 2.05) is 0 Å². The number of carbonyl (C=O) groups excluding carboxylic acids is 1. The molecular weight excluding hydrogens is 226 g/mol. The molecule has 0 saturated carbocycles. The second-order valence-electron chi connectivity index (χ2n) is 2.65. The van der Waals surface area contributed by atoms with Crippen molar-refractivity contribution in [1.29, 1.82) is 0 Å². The Hall–Kier alpha value is -2.12. The van der Waals surface area contributed by atoms with E-state index in [0.717, 1.165) is 13.3 Å². The summed E-state index contributed by atoms with van der Waals surface area (Å²) >= 11 is 0. The molecule has 1 rings (SSSR count). The maximum atomic E-state index is 12.6. The summed E-state index contributed by atoms with van der Waals surface area (Å²) in [6.07, 6.45) is -2.24. The van der Waals surface area contributed by atoms with Gasteiger partial charge in [0.05, 0.1) is 18.2 Å². The van der Waals surface area contributed by atoms with Crippen LogP contribution in [0.15, 0.2) is 6.20 Å². The number of carbonyl (C=O) groups is 1. The number of nitro groups is 1. The Morgan fingerprint density at radius 1 is 1.62 bits per heavy atom. The summed E-state index contributed by atoms with van der Waals surface area (Å²) in [7, 11) is 1.08. The Morgan fingerprint density at radius 2 is 2.25 bits per heavy atom. The zero-order valence-corrected chi connectivity index (χ0v) is 8.02. The molecule has 0 aromatic carbocycles. The van der Waals surface area contributed by atoms with Crippen LogP contribution >= 0.6 is 0 Å². The van der Waals surface area contributed by atoms with E-state index in [0.29, 0.717) is 0 Å². The summed E-state index contributed by atoms with van der Waals surface area (Å²) in [6.45, 7) is 0. The Balaban J connectivity index is 3.59. The molecule has 0 unspecified atom stereocenters. The van der Waals surface area contributed by atoms with Gasteiger partial charge in [0, 0.05) is 0 Å². The highest BCUT2D eigenvalue weighted by Gasteiger charge is 2.31. The second kappa shape index (κ2) is 4.60. The first-order valence-electron chi connectivity index (χ1n) is 3.97. The van der Waals surface area contributed by atoms with Gasteiger partial charge in [0.1, 0.15) is 5.56 Å². The Bertz CT molecular complexity index is 436. The van der Waals surface area contributed by atoms with E-state index in [4.69, 9.17) is 0 Å². The van der Waals surface area contributed by atoms with Crippen LogP contribution in [-0.2, 0) is 0 Å². The van der Waals surface area contributed by atoms with Gasteiger partial charge in [-0.15, -0.1) is 0 Å². The predicted molar refractivity (Wildman–Crippen MR) is 47.8 cm³/mol. The van der Waals surface area contributed by atoms with Gasteiger partial charge in [-0.3, -0.25) is 14.9 Å². The number of pyridine rings is 1. The molecule has 0 amide bonds. The van der Waals surface area contributed by atoms with Gasteiger partial charge >= 0.3 is 5.69 Å². The van der Waals surface area contributed by atoms with Crippen LogP contribution in [0.25, 0.3) is 0 Å². The third-order valence-electron chi connectivity index (χ3n) is 1.82. The molecule has 1 heterocycles. The quantitative estimate of drug-likeness (QED) is 0.448. The summed E-state index contributed by atoms with van der Waals surface area (Å²) in [4.78, 5) is 23.3. The highest BCUT2D eigenvalue weighted by Crippen LogP contribution is 2.37. The number of hydrogen-bond acceptors (Lipinski definition) is 5. The molecule has 16 heavy (non-hydrogen) atoms. The number of nitrogens with zero attached hydrogens (tertiary/aromatic N) is 2. The molecule has 0 bridgehead atoms. The van der Waals surface area contributed by atoms with E-state index >= 15 is 0 Å². The first-order valence-corrected chi connectivity index (χ1v) is 3.97. The summed E-state index contributed by atoms with van der Waals surface area (Å²) in [5.74, 6) is -0.424. The number of ether oxygens (including phenoxy) is 1. The summed E-state index contributed by atoms with van der Waals surface area (Å²) in [5, 5.41) is 10.6. The van der Waals surface area contributed by atoms with Crippen molar-refractivity contribution in [3.63, 3.8) is 0 Å². The zero-order chi connectivity index (χ0) is 12.3. The van der Waals surface area contributed by atoms with Gasteiger partial charge in [-0.25, -0.2) is 13.8 Å². The van der Waals surface area contributed by atoms with Crippen molar-refractivity contribution in [1.82, 2.24) is 4.98 Å². The van der Waals surface area contributed by atoms with E-state index < -0.39 is 34.0 Å². The minimum Gasteiger partial charge on any atom is -0.494 e. The van der Waals surface area contributed by atoms with E-state index in [1.165, 1.54) is 0 Å². The van der Waals surface area contributed by atoms with Crippen LogP contribution in [0.5, 0.6) is 5.75 Å². The van der Waals surface area contributed by atoms with Crippen LogP contribution in [0.3, 0.4) is 0 Å². The van der Waals surface area contributed by atoms with Gasteiger partial charge in [-0.05, 0) is 0 Å². The van der Waals surface area contributed by atoms with Crippen LogP contribution in [0, 0.1) is 10.1 Å². The first-order chi connectivity index (χ1) is 7.52. The van der Waals surface area contributed by atoms with Crippen LogP contribution in [0.1, 0.15) is 22.5 Å². The van der Waals surface area contributed by atoms with Gasteiger partial charge in [0.25, 0.3) is 6.43 Å². The van der Waals surface area contributed by atoms with Crippen molar-refractivity contribution >= 4 is 12.0 Å². The molecule has 0 atom stereocenters. The minimum atomic E-state index is -3.13. The molecular formula is C8H6F2N2O4. The van der Waals surface area contributed by atoms with Crippen LogP contribution in [-0.4, -0.2) is 23.3 Å². The average Bonchev–Trinajstić information content (AvgIpc) is 2.26. The van der Waals surface area contributed by atoms with Crippen LogP contribution in [0.4, 0.5) is 14.5 Å². The molecule has 0 radical (unpaired) electrons. The highest BCUT2D eigenvalue weighted by atomic mass is 19.3. The molecule has 0 aliphatic rings. The Kier molecular flexibility index (Phi) is 3.44. The summed E-state index contributed by atoms with van der Waals surface area (Å²) < 4.78 is 29.8. The van der Waals surface area contributed by atoms with Crippen LogP contribution < -0.4 is 4.74 Å². The van der Waals surface area contributed by atoms with Crippen molar-refractivity contribution < 1.29 is 23.2 Å². The fourth-order valence-electron chi connectivity index (χ4n) is 1.17. The summed E-state index contributed by atoms with van der Waals surface area (Å²) in [6, 6.07) is 0. The molecule has 8 heteroatoms. The molecule has 0 aliphatic carbocycles. The van der Waals surface area contributed by atoms with Gasteiger partial charge in [0.15, 0.2) is 17.7 Å². The third-order valence-corrected chi connectivity index (χ3v) is 1.82. The lowest BCUT2D eigenvalue weighted by atomic mass is 10.1. The fourth-order valence-corrected chi connectivity index (χ4v) is 1.17. The Morgan fingerprint density at radius 3 is 2.62 bits per heavy atom. The third kappa shape index (κ3) is 1.95. The SMILES string of the molecule is COc1cnc(C=O)c([N+](=O)[O-])c1C(F)F.